The molecule has 0 aliphatic carbocycles. The first kappa shape index (κ1) is 44.5. The molecule has 0 aliphatic rings. The van der Waals surface area contributed by atoms with Crippen molar-refractivity contribution in [2.45, 2.75) is 26.2 Å². The average molecular weight is 922 g/mol. The molecule has 64 heavy (non-hydrogen) atoms. The zero-order chi connectivity index (χ0) is 46.2. The molecule has 0 aliphatic heterocycles. The summed E-state index contributed by atoms with van der Waals surface area (Å²) >= 11 is 12.6. The van der Waals surface area contributed by atoms with Gasteiger partial charge in [0, 0.05) is 40.3 Å². The van der Waals surface area contributed by atoms with Gasteiger partial charge in [0.1, 0.15) is 23.0 Å². The SMILES string of the molecule is Cc1nc(C(F)(F)F)ccc1C(=O)Nc1ccc(Cl)c(-c2nc3ccc(N)cc3[nH]2)c1.Cc1nc(C(F)(F)F)ccc1C(=O)Nc1ccc(Cl)c(-c2nc3ccc([N+](=O)[O-])cc3[nH]2)c1. The Labute approximate surface area is 366 Å². The fourth-order valence-electron chi connectivity index (χ4n) is 6.28. The van der Waals surface area contributed by atoms with Gasteiger partial charge in [-0.25, -0.2) is 19.9 Å². The molecule has 4 aromatic carbocycles. The van der Waals surface area contributed by atoms with Gasteiger partial charge in [-0.3, -0.25) is 19.7 Å². The van der Waals surface area contributed by atoms with Crippen molar-refractivity contribution in [1.29, 1.82) is 0 Å². The summed E-state index contributed by atoms with van der Waals surface area (Å²) in [5, 5.41) is 16.9. The summed E-state index contributed by atoms with van der Waals surface area (Å²) in [4.78, 5) is 57.6. The molecule has 14 nitrogen and oxygen atoms in total. The van der Waals surface area contributed by atoms with Crippen molar-refractivity contribution in [3.8, 4) is 22.8 Å². The number of nitro groups is 1. The van der Waals surface area contributed by atoms with E-state index in [9.17, 15) is 46.0 Å². The van der Waals surface area contributed by atoms with E-state index in [0.29, 0.717) is 66.4 Å². The fourth-order valence-corrected chi connectivity index (χ4v) is 6.69. The zero-order valence-electron chi connectivity index (χ0n) is 32.7. The maximum atomic E-state index is 12.8. The lowest BCUT2D eigenvalue weighted by atomic mass is 10.1. The molecule has 0 unspecified atom stereocenters. The van der Waals surface area contributed by atoms with Gasteiger partial charge in [0.2, 0.25) is 0 Å². The summed E-state index contributed by atoms with van der Waals surface area (Å²) in [6.07, 6.45) is -9.19. The predicted octanol–water partition coefficient (Wildman–Crippen LogP) is 11.2. The third-order valence-corrected chi connectivity index (χ3v) is 10.0. The first-order valence-corrected chi connectivity index (χ1v) is 19.1. The number of aryl methyl sites for hydroxylation is 2. The van der Waals surface area contributed by atoms with Crippen LogP contribution in [0.5, 0.6) is 0 Å². The number of nitrogens with zero attached hydrogens (tertiary/aromatic N) is 5. The molecule has 0 bridgehead atoms. The second-order valence-electron chi connectivity index (χ2n) is 13.9. The van der Waals surface area contributed by atoms with Crippen molar-refractivity contribution in [2.75, 3.05) is 16.4 Å². The van der Waals surface area contributed by atoms with E-state index in [1.165, 1.54) is 50.2 Å². The van der Waals surface area contributed by atoms with Gasteiger partial charge in [0.05, 0.1) is 59.6 Å². The number of imidazole rings is 2. The number of nitro benzene ring substituents is 1. The highest BCUT2D eigenvalue weighted by atomic mass is 35.5. The normalized spacial score (nSPS) is 11.6. The number of halogens is 8. The van der Waals surface area contributed by atoms with Gasteiger partial charge in [0.15, 0.2) is 0 Å². The van der Waals surface area contributed by atoms with Crippen molar-refractivity contribution in [1.82, 2.24) is 29.9 Å². The van der Waals surface area contributed by atoms with E-state index in [-0.39, 0.29) is 28.2 Å². The van der Waals surface area contributed by atoms with Crippen molar-refractivity contribution in [2.24, 2.45) is 0 Å². The summed E-state index contributed by atoms with van der Waals surface area (Å²) < 4.78 is 76.8. The van der Waals surface area contributed by atoms with Gasteiger partial charge >= 0.3 is 12.4 Å². The number of carbonyl (C=O) groups is 2. The number of nitrogens with two attached hydrogens (primary N) is 1. The summed E-state index contributed by atoms with van der Waals surface area (Å²) in [7, 11) is 0. The number of hydrogen-bond acceptors (Lipinski definition) is 9. The number of nitrogen functional groups attached to an aromatic ring is 1. The van der Waals surface area contributed by atoms with Gasteiger partial charge in [-0.15, -0.1) is 0 Å². The first-order valence-electron chi connectivity index (χ1n) is 18.4. The molecule has 8 aromatic rings. The molecule has 0 saturated heterocycles. The number of pyridine rings is 2. The van der Waals surface area contributed by atoms with Crippen LogP contribution in [0.2, 0.25) is 10.0 Å². The molecule has 8 rings (SSSR count). The fraction of sp³-hybridized carbons (Fsp3) is 0.0952. The lowest BCUT2D eigenvalue weighted by molar-refractivity contribution is -0.384. The van der Waals surface area contributed by atoms with Crippen LogP contribution in [0.25, 0.3) is 44.8 Å². The van der Waals surface area contributed by atoms with E-state index < -0.39 is 40.5 Å². The number of carbonyl (C=O) groups excluding carboxylic acids is 2. The Morgan fingerprint density at radius 1 is 0.625 bits per heavy atom. The molecule has 0 atom stereocenters. The number of fused-ring (bicyclic) bond motifs is 2. The van der Waals surface area contributed by atoms with Gasteiger partial charge in [-0.05, 0) is 98.8 Å². The van der Waals surface area contributed by atoms with E-state index in [1.54, 1.807) is 36.4 Å². The molecule has 6 N–H and O–H groups in total. The molecular weight excluding hydrogens is 893 g/mol. The van der Waals surface area contributed by atoms with Crippen LogP contribution in [0.3, 0.4) is 0 Å². The van der Waals surface area contributed by atoms with E-state index in [2.05, 4.69) is 40.5 Å². The van der Waals surface area contributed by atoms with Crippen LogP contribution >= 0.6 is 23.2 Å². The number of non-ortho nitro benzene ring substituents is 1. The van der Waals surface area contributed by atoms with Crippen molar-refractivity contribution < 1.29 is 40.9 Å². The van der Waals surface area contributed by atoms with Crippen LogP contribution in [-0.2, 0) is 12.4 Å². The number of alkyl halides is 6. The summed E-state index contributed by atoms with van der Waals surface area (Å²) in [5.41, 5.74) is 8.02. The predicted molar refractivity (Wildman–Crippen MR) is 228 cm³/mol. The zero-order valence-corrected chi connectivity index (χ0v) is 34.2. The minimum atomic E-state index is -4.61. The van der Waals surface area contributed by atoms with Crippen LogP contribution in [0.15, 0.2) is 97.1 Å². The van der Waals surface area contributed by atoms with Crippen molar-refractivity contribution in [3.05, 3.63) is 151 Å². The molecule has 0 fully saturated rings. The van der Waals surface area contributed by atoms with Crippen LogP contribution in [0.1, 0.15) is 43.5 Å². The lowest BCUT2D eigenvalue weighted by Gasteiger charge is -2.11. The Morgan fingerprint density at radius 2 is 1.06 bits per heavy atom. The number of benzene rings is 4. The number of hydrogen-bond donors (Lipinski definition) is 5. The number of amides is 2. The maximum absolute atomic E-state index is 12.8. The van der Waals surface area contributed by atoms with E-state index in [0.717, 1.165) is 29.8 Å². The minimum absolute atomic E-state index is 0.0180. The van der Waals surface area contributed by atoms with Crippen LogP contribution in [0, 0.1) is 24.0 Å². The Balaban J connectivity index is 0.000000192. The highest BCUT2D eigenvalue weighted by Gasteiger charge is 2.34. The third kappa shape index (κ3) is 9.72. The Bertz CT molecular complexity index is 3150. The van der Waals surface area contributed by atoms with Gasteiger partial charge in [0.25, 0.3) is 17.5 Å². The molecule has 0 spiro atoms. The number of aromatic nitrogens is 6. The minimum Gasteiger partial charge on any atom is -0.399 e. The average Bonchev–Trinajstić information content (AvgIpc) is 3.85. The van der Waals surface area contributed by atoms with Gasteiger partial charge < -0.3 is 26.3 Å². The number of anilines is 3. The summed E-state index contributed by atoms with van der Waals surface area (Å²) in [6.45, 7) is 2.66. The second-order valence-corrected chi connectivity index (χ2v) is 14.7. The molecule has 4 aromatic heterocycles. The lowest BCUT2D eigenvalue weighted by Crippen LogP contribution is -2.16. The second kappa shape index (κ2) is 17.3. The maximum Gasteiger partial charge on any atom is 0.433 e. The Kier molecular flexibility index (Phi) is 12.0. The summed E-state index contributed by atoms with van der Waals surface area (Å²) in [5.74, 6) is -0.445. The number of H-pyrrole nitrogens is 2. The number of aromatic amines is 2. The van der Waals surface area contributed by atoms with E-state index >= 15 is 0 Å². The molecule has 2 amide bonds. The van der Waals surface area contributed by atoms with E-state index in [4.69, 9.17) is 28.9 Å². The monoisotopic (exact) mass is 920 g/mol. The molecule has 326 valence electrons. The Morgan fingerprint density at radius 3 is 1.48 bits per heavy atom. The highest BCUT2D eigenvalue weighted by Crippen LogP contribution is 2.34. The molecule has 0 saturated carbocycles. The summed E-state index contributed by atoms with van der Waals surface area (Å²) in [6, 6.07) is 22.4. The van der Waals surface area contributed by atoms with E-state index in [1.807, 2.05) is 0 Å². The number of rotatable bonds is 7. The van der Waals surface area contributed by atoms with Crippen LogP contribution in [0.4, 0.5) is 49.1 Å². The standard InChI is InChI=1S/C21H13ClF3N5O3.C21H15ClF3N5O/c1-10-13(4-7-18(26-10)21(23,24)25)20(31)27-11-2-5-15(22)14(8-11)19-28-16-6-3-12(30(32)33)9-17(16)29-19;1-10-13(4-7-18(27-10)21(23,24)25)20(31)28-12-3-5-15(22)14(9-12)19-29-16-6-2-11(26)8-17(16)30-19/h2-9H,1H3,(H,27,31)(H,28,29);2-9H,26H2,1H3,(H,28,31)(H,29,30). The topological polar surface area (TPSA) is 210 Å². The van der Waals surface area contributed by atoms with Gasteiger partial charge in [-0.2, -0.15) is 26.3 Å². The Hall–Kier alpha value is -7.58. The molecule has 22 heteroatoms. The molecular formula is C42H28Cl2F6N10O4. The molecule has 0 radical (unpaired) electrons. The van der Waals surface area contributed by atoms with Gasteiger partial charge in [-0.1, -0.05) is 23.2 Å². The molecule has 4 heterocycles. The quantitative estimate of drug-likeness (QED) is 0.0445. The number of nitrogens with one attached hydrogen (secondary N) is 4. The van der Waals surface area contributed by atoms with Crippen molar-refractivity contribution >= 4 is 79.8 Å². The third-order valence-electron chi connectivity index (χ3n) is 9.38. The highest BCUT2D eigenvalue weighted by molar-refractivity contribution is 6.33. The first-order chi connectivity index (χ1) is 30.1. The van der Waals surface area contributed by atoms with Crippen LogP contribution < -0.4 is 16.4 Å². The largest absolute Gasteiger partial charge is 0.433 e. The smallest absolute Gasteiger partial charge is 0.399 e. The van der Waals surface area contributed by atoms with Crippen LogP contribution in [-0.4, -0.2) is 46.6 Å². The van der Waals surface area contributed by atoms with Crippen molar-refractivity contribution in [3.63, 3.8) is 0 Å².